The van der Waals surface area contributed by atoms with Gasteiger partial charge in [0.25, 0.3) is 5.91 Å². The van der Waals surface area contributed by atoms with Crippen molar-refractivity contribution < 1.29 is 22.7 Å². The summed E-state index contributed by atoms with van der Waals surface area (Å²) in [5.74, 6) is 0.122. The third kappa shape index (κ3) is 4.69. The van der Waals surface area contributed by atoms with Gasteiger partial charge in [-0.05, 0) is 47.7 Å². The van der Waals surface area contributed by atoms with E-state index in [-0.39, 0.29) is 23.0 Å². The predicted molar refractivity (Wildman–Crippen MR) is 105 cm³/mol. The summed E-state index contributed by atoms with van der Waals surface area (Å²) in [5.41, 5.74) is -0.902. The van der Waals surface area contributed by atoms with Crippen LogP contribution in [0.4, 0.5) is 18.9 Å². The summed E-state index contributed by atoms with van der Waals surface area (Å²) in [6, 6.07) is 9.23. The van der Waals surface area contributed by atoms with Gasteiger partial charge in [-0.1, -0.05) is 6.07 Å². The van der Waals surface area contributed by atoms with Crippen molar-refractivity contribution in [2.45, 2.75) is 13.1 Å². The minimum Gasteiger partial charge on any atom is -0.437 e. The molecule has 2 heterocycles. The molecule has 4 aromatic rings. The van der Waals surface area contributed by atoms with Gasteiger partial charge in [-0.15, -0.1) is 5.10 Å². The fraction of sp³-hybridized carbons (Fsp3) is 0.100. The maximum absolute atomic E-state index is 13.4. The van der Waals surface area contributed by atoms with Crippen LogP contribution in [0.15, 0.2) is 61.1 Å². The number of aryl methyl sites for hydroxylation is 1. The van der Waals surface area contributed by atoms with Crippen molar-refractivity contribution in [1.82, 2.24) is 30.2 Å². The molecule has 0 aliphatic heterocycles. The third-order valence-electron chi connectivity index (χ3n) is 4.23. The van der Waals surface area contributed by atoms with Gasteiger partial charge in [-0.3, -0.25) is 9.78 Å². The fourth-order valence-electron chi connectivity index (χ4n) is 2.80. The Balaban J connectivity index is 1.62. The molecule has 0 fully saturated rings. The van der Waals surface area contributed by atoms with Gasteiger partial charge in [0.1, 0.15) is 5.75 Å². The number of hydrogen-bond acceptors (Lipinski definition) is 7. The van der Waals surface area contributed by atoms with Crippen LogP contribution >= 0.6 is 0 Å². The van der Waals surface area contributed by atoms with Crippen molar-refractivity contribution in [3.63, 3.8) is 0 Å². The van der Waals surface area contributed by atoms with Gasteiger partial charge < -0.3 is 10.1 Å². The quantitative estimate of drug-likeness (QED) is 0.502. The Morgan fingerprint density at radius 3 is 2.66 bits per heavy atom. The van der Waals surface area contributed by atoms with Gasteiger partial charge in [0, 0.05) is 29.7 Å². The lowest BCUT2D eigenvalue weighted by Gasteiger charge is -2.13. The molecule has 0 atom stereocenters. The van der Waals surface area contributed by atoms with Gasteiger partial charge in [-0.25, -0.2) is 4.98 Å². The number of benzene rings is 2. The van der Waals surface area contributed by atoms with Crippen LogP contribution in [0.2, 0.25) is 0 Å². The van der Waals surface area contributed by atoms with E-state index in [2.05, 4.69) is 30.8 Å². The molecule has 0 radical (unpaired) electrons. The number of hydrogen-bond donors (Lipinski definition) is 1. The Hall–Kier alpha value is -4.35. The standard InChI is InChI=1S/C20H14F3N7O2/c1-12-27-28-29-30(12)16-8-13(7-14(9-16)20(21,22)23)19(31)26-15-3-2-4-17(10-15)32-18-11-24-5-6-25-18/h2-11H,1H3,(H,26,31). The summed E-state index contributed by atoms with van der Waals surface area (Å²) in [7, 11) is 0. The third-order valence-corrected chi connectivity index (χ3v) is 4.23. The first-order valence-corrected chi connectivity index (χ1v) is 9.12. The maximum atomic E-state index is 13.4. The number of carbonyl (C=O) groups excluding carboxylic acids is 1. The van der Waals surface area contributed by atoms with Crippen molar-refractivity contribution in [1.29, 1.82) is 0 Å². The second-order valence-electron chi connectivity index (χ2n) is 6.53. The molecular formula is C20H14F3N7O2. The molecule has 0 aliphatic rings. The molecular weight excluding hydrogens is 427 g/mol. The van der Waals surface area contributed by atoms with E-state index in [4.69, 9.17) is 4.74 Å². The molecule has 2 aromatic carbocycles. The summed E-state index contributed by atoms with van der Waals surface area (Å²) in [6.07, 6.45) is -0.309. The topological polar surface area (TPSA) is 108 Å². The van der Waals surface area contributed by atoms with Crippen molar-refractivity contribution in [3.8, 4) is 17.3 Å². The van der Waals surface area contributed by atoms with Crippen LogP contribution in [-0.2, 0) is 6.18 Å². The highest BCUT2D eigenvalue weighted by molar-refractivity contribution is 6.04. The van der Waals surface area contributed by atoms with E-state index in [9.17, 15) is 18.0 Å². The molecule has 9 nitrogen and oxygen atoms in total. The number of nitrogens with one attached hydrogen (secondary N) is 1. The first kappa shape index (κ1) is 20.9. The second-order valence-corrected chi connectivity index (χ2v) is 6.53. The van der Waals surface area contributed by atoms with E-state index in [0.717, 1.165) is 16.8 Å². The normalized spacial score (nSPS) is 11.2. The lowest BCUT2D eigenvalue weighted by atomic mass is 10.1. The molecule has 0 unspecified atom stereocenters. The highest BCUT2D eigenvalue weighted by atomic mass is 19.4. The number of carbonyl (C=O) groups is 1. The average molecular weight is 441 g/mol. The number of halogens is 3. The SMILES string of the molecule is Cc1nnnn1-c1cc(C(=O)Nc2cccc(Oc3cnccn3)c2)cc(C(F)(F)F)c1. The predicted octanol–water partition coefficient (Wildman–Crippen LogP) is 3.82. The highest BCUT2D eigenvalue weighted by Crippen LogP contribution is 2.32. The Kier molecular flexibility index (Phi) is 5.50. The number of ether oxygens (including phenoxy) is 1. The van der Waals surface area contributed by atoms with Crippen molar-refractivity contribution in [2.75, 3.05) is 5.32 Å². The molecule has 0 bridgehead atoms. The lowest BCUT2D eigenvalue weighted by molar-refractivity contribution is -0.137. The van der Waals surface area contributed by atoms with E-state index in [1.165, 1.54) is 37.6 Å². The fourth-order valence-corrected chi connectivity index (χ4v) is 2.80. The summed E-state index contributed by atoms with van der Waals surface area (Å²) >= 11 is 0. The molecule has 12 heteroatoms. The van der Waals surface area contributed by atoms with Crippen molar-refractivity contribution in [3.05, 3.63) is 78.0 Å². The molecule has 0 spiro atoms. The molecule has 1 amide bonds. The Morgan fingerprint density at radius 2 is 1.97 bits per heavy atom. The minimum absolute atomic E-state index is 0.00668. The molecule has 4 rings (SSSR count). The first-order chi connectivity index (χ1) is 15.3. The molecule has 0 saturated carbocycles. The van der Waals surface area contributed by atoms with E-state index in [1.54, 1.807) is 18.2 Å². The molecule has 32 heavy (non-hydrogen) atoms. The van der Waals surface area contributed by atoms with Crippen LogP contribution in [0.25, 0.3) is 5.69 Å². The number of aromatic nitrogens is 6. The van der Waals surface area contributed by atoms with Crippen LogP contribution in [0.1, 0.15) is 21.7 Å². The molecule has 2 aromatic heterocycles. The van der Waals surface area contributed by atoms with Gasteiger partial charge in [-0.2, -0.15) is 17.9 Å². The summed E-state index contributed by atoms with van der Waals surface area (Å²) < 4.78 is 46.9. The largest absolute Gasteiger partial charge is 0.437 e. The van der Waals surface area contributed by atoms with Crippen LogP contribution in [0.5, 0.6) is 11.6 Å². The van der Waals surface area contributed by atoms with Gasteiger partial charge in [0.2, 0.25) is 5.88 Å². The zero-order valence-corrected chi connectivity index (χ0v) is 16.4. The van der Waals surface area contributed by atoms with Gasteiger partial charge in [0.15, 0.2) is 5.82 Å². The van der Waals surface area contributed by atoms with Gasteiger partial charge >= 0.3 is 6.18 Å². The van der Waals surface area contributed by atoms with Crippen LogP contribution < -0.4 is 10.1 Å². The van der Waals surface area contributed by atoms with Gasteiger partial charge in [0.05, 0.1) is 17.4 Å². The van der Waals surface area contributed by atoms with Crippen LogP contribution in [0.3, 0.4) is 0 Å². The molecule has 162 valence electrons. The van der Waals surface area contributed by atoms with E-state index in [1.807, 2.05) is 0 Å². The van der Waals surface area contributed by atoms with E-state index >= 15 is 0 Å². The number of amides is 1. The van der Waals surface area contributed by atoms with Crippen LogP contribution in [-0.4, -0.2) is 36.1 Å². The number of alkyl halides is 3. The van der Waals surface area contributed by atoms with Crippen LogP contribution in [0, 0.1) is 6.92 Å². The Bertz CT molecular complexity index is 1260. The average Bonchev–Trinajstić information content (AvgIpc) is 3.20. The molecule has 0 aliphatic carbocycles. The lowest BCUT2D eigenvalue weighted by Crippen LogP contribution is -2.15. The summed E-state index contributed by atoms with van der Waals surface area (Å²) in [4.78, 5) is 20.6. The van der Waals surface area contributed by atoms with E-state index in [0.29, 0.717) is 11.4 Å². The number of anilines is 1. The maximum Gasteiger partial charge on any atom is 0.416 e. The molecule has 0 saturated heterocycles. The number of nitrogens with zero attached hydrogens (tertiary/aromatic N) is 6. The monoisotopic (exact) mass is 441 g/mol. The van der Waals surface area contributed by atoms with Crippen molar-refractivity contribution >= 4 is 11.6 Å². The first-order valence-electron chi connectivity index (χ1n) is 9.12. The zero-order valence-electron chi connectivity index (χ0n) is 16.4. The van der Waals surface area contributed by atoms with Crippen molar-refractivity contribution in [2.24, 2.45) is 0 Å². The second kappa shape index (κ2) is 8.41. The molecule has 1 N–H and O–H groups in total. The smallest absolute Gasteiger partial charge is 0.416 e. The van der Waals surface area contributed by atoms with E-state index < -0.39 is 17.6 Å². The highest BCUT2D eigenvalue weighted by Gasteiger charge is 2.32. The Labute approximate surface area is 178 Å². The number of rotatable bonds is 5. The Morgan fingerprint density at radius 1 is 1.12 bits per heavy atom. The zero-order chi connectivity index (χ0) is 22.7. The minimum atomic E-state index is -4.67. The summed E-state index contributed by atoms with van der Waals surface area (Å²) in [6.45, 7) is 1.53. The number of tetrazole rings is 1. The summed E-state index contributed by atoms with van der Waals surface area (Å²) in [5, 5.41) is 13.3.